The number of hydrogen-bond donors (Lipinski definition) is 3. The van der Waals surface area contributed by atoms with Gasteiger partial charge in [0, 0.05) is 10.9 Å². The lowest BCUT2D eigenvalue weighted by Gasteiger charge is -2.24. The first kappa shape index (κ1) is 16.1. The number of hydrogen-bond acceptors (Lipinski definition) is 5. The van der Waals surface area contributed by atoms with E-state index in [-0.39, 0.29) is 0 Å². The number of rotatable bonds is 3. The molecule has 1 aliphatic rings. The molecule has 0 radical (unpaired) electrons. The van der Waals surface area contributed by atoms with Gasteiger partial charge in [-0.25, -0.2) is 4.98 Å². The minimum absolute atomic E-state index is 0.405. The Morgan fingerprint density at radius 2 is 1.92 bits per heavy atom. The van der Waals surface area contributed by atoms with Gasteiger partial charge in [-0.1, -0.05) is 30.3 Å². The van der Waals surface area contributed by atoms with Crippen molar-refractivity contribution in [3.63, 3.8) is 0 Å². The van der Waals surface area contributed by atoms with Gasteiger partial charge in [0.15, 0.2) is 0 Å². The van der Waals surface area contributed by atoms with E-state index >= 15 is 0 Å². The molecule has 6 heteroatoms. The molecule has 0 bridgehead atoms. The van der Waals surface area contributed by atoms with Gasteiger partial charge in [-0.2, -0.15) is 0 Å². The number of nitrogens with one attached hydrogen (secondary N) is 1. The van der Waals surface area contributed by atoms with Gasteiger partial charge < -0.3 is 16.8 Å². The lowest BCUT2D eigenvalue weighted by molar-refractivity contribution is 0.100. The highest BCUT2D eigenvalue weighted by Gasteiger charge is 2.24. The predicted molar refractivity (Wildman–Crippen MR) is 103 cm³/mol. The Hall–Kier alpha value is -2.44. The van der Waals surface area contributed by atoms with Crippen molar-refractivity contribution < 1.29 is 4.79 Å². The van der Waals surface area contributed by atoms with Crippen LogP contribution in [0.2, 0.25) is 0 Å². The van der Waals surface area contributed by atoms with Crippen molar-refractivity contribution in [2.24, 2.45) is 5.73 Å². The van der Waals surface area contributed by atoms with Crippen molar-refractivity contribution in [1.29, 1.82) is 0 Å². The van der Waals surface area contributed by atoms with E-state index in [9.17, 15) is 4.79 Å². The van der Waals surface area contributed by atoms with Gasteiger partial charge in [0.05, 0.1) is 11.4 Å². The molecule has 0 atom stereocenters. The Morgan fingerprint density at radius 1 is 1.20 bits per heavy atom. The largest absolute Gasteiger partial charge is 0.397 e. The zero-order valence-electron chi connectivity index (χ0n) is 13.8. The number of nitrogen functional groups attached to an aromatic ring is 1. The van der Waals surface area contributed by atoms with E-state index in [2.05, 4.69) is 11.4 Å². The van der Waals surface area contributed by atoms with Gasteiger partial charge in [-0.15, -0.1) is 11.3 Å². The fourth-order valence-corrected chi connectivity index (χ4v) is 4.52. The molecule has 0 aliphatic carbocycles. The number of aromatic nitrogens is 1. The van der Waals surface area contributed by atoms with E-state index in [1.54, 1.807) is 0 Å². The molecule has 5 nitrogen and oxygen atoms in total. The molecule has 2 aromatic heterocycles. The second kappa shape index (κ2) is 6.46. The predicted octanol–water partition coefficient (Wildman–Crippen LogP) is 3.11. The SMILES string of the molecule is NC(=O)c1sc2nc(-c3ccccc3)cc(C3CCNCC3)c2c1N. The Labute approximate surface area is 150 Å². The number of thiophene rings is 1. The molecule has 1 saturated heterocycles. The third-order valence-corrected chi connectivity index (χ3v) is 5.92. The summed E-state index contributed by atoms with van der Waals surface area (Å²) in [4.78, 5) is 17.7. The summed E-state index contributed by atoms with van der Waals surface area (Å²) in [5.74, 6) is -0.0788. The number of pyridine rings is 1. The van der Waals surface area contributed by atoms with Crippen LogP contribution in [-0.2, 0) is 0 Å². The first-order valence-electron chi connectivity index (χ1n) is 8.44. The molecule has 5 N–H and O–H groups in total. The van der Waals surface area contributed by atoms with Gasteiger partial charge in [0.25, 0.3) is 5.91 Å². The summed E-state index contributed by atoms with van der Waals surface area (Å²) in [6, 6.07) is 12.2. The van der Waals surface area contributed by atoms with Crippen LogP contribution in [0.5, 0.6) is 0 Å². The molecular formula is C19H20N4OS. The summed E-state index contributed by atoms with van der Waals surface area (Å²) >= 11 is 1.29. The number of anilines is 1. The van der Waals surface area contributed by atoms with Crippen LogP contribution in [0.4, 0.5) is 5.69 Å². The lowest BCUT2D eigenvalue weighted by atomic mass is 9.87. The molecule has 1 aliphatic heterocycles. The molecule has 25 heavy (non-hydrogen) atoms. The number of nitrogens with zero attached hydrogens (tertiary/aromatic N) is 1. The summed E-state index contributed by atoms with van der Waals surface area (Å²) in [5.41, 5.74) is 15.4. The van der Waals surface area contributed by atoms with Crippen molar-refractivity contribution in [3.8, 4) is 11.3 Å². The highest BCUT2D eigenvalue weighted by atomic mass is 32.1. The van der Waals surface area contributed by atoms with Crippen LogP contribution in [0.15, 0.2) is 36.4 Å². The molecule has 3 aromatic rings. The minimum Gasteiger partial charge on any atom is -0.397 e. The number of fused-ring (bicyclic) bond motifs is 1. The number of carbonyl (C=O) groups is 1. The van der Waals surface area contributed by atoms with Crippen LogP contribution in [0.3, 0.4) is 0 Å². The maximum absolute atomic E-state index is 11.7. The van der Waals surface area contributed by atoms with Gasteiger partial charge in [0.1, 0.15) is 9.71 Å². The van der Waals surface area contributed by atoms with E-state index in [0.717, 1.165) is 47.4 Å². The monoisotopic (exact) mass is 352 g/mol. The summed E-state index contributed by atoms with van der Waals surface area (Å²) < 4.78 is 0. The van der Waals surface area contributed by atoms with E-state index < -0.39 is 5.91 Å². The molecule has 4 rings (SSSR count). The molecule has 3 heterocycles. The average molecular weight is 352 g/mol. The topological polar surface area (TPSA) is 94.0 Å². The van der Waals surface area contributed by atoms with Crippen molar-refractivity contribution in [3.05, 3.63) is 46.8 Å². The second-order valence-electron chi connectivity index (χ2n) is 6.38. The van der Waals surface area contributed by atoms with Crippen molar-refractivity contribution >= 4 is 33.1 Å². The maximum atomic E-state index is 11.7. The normalized spacial score (nSPS) is 15.5. The quantitative estimate of drug-likeness (QED) is 0.675. The summed E-state index contributed by atoms with van der Waals surface area (Å²) in [5, 5.41) is 4.31. The zero-order valence-corrected chi connectivity index (χ0v) is 14.6. The van der Waals surface area contributed by atoms with Crippen molar-refractivity contribution in [2.75, 3.05) is 18.8 Å². The van der Waals surface area contributed by atoms with Crippen molar-refractivity contribution in [2.45, 2.75) is 18.8 Å². The maximum Gasteiger partial charge on any atom is 0.260 e. The standard InChI is InChI=1S/C19H20N4OS/c20-16-15-13(11-6-8-22-9-7-11)10-14(12-4-2-1-3-5-12)23-19(15)25-17(16)18(21)24/h1-5,10-11,22H,6-9,20H2,(H2,21,24). The number of amides is 1. The molecular weight excluding hydrogens is 332 g/mol. The van der Waals surface area contributed by atoms with E-state index in [0.29, 0.717) is 16.5 Å². The molecule has 0 unspecified atom stereocenters. The molecule has 1 fully saturated rings. The summed E-state index contributed by atoms with van der Waals surface area (Å²) in [6.07, 6.45) is 2.10. The summed E-state index contributed by atoms with van der Waals surface area (Å²) in [6.45, 7) is 1.98. The smallest absolute Gasteiger partial charge is 0.260 e. The average Bonchev–Trinajstić information content (AvgIpc) is 2.99. The third kappa shape index (κ3) is 2.88. The van der Waals surface area contributed by atoms with Gasteiger partial charge in [-0.05, 0) is 43.5 Å². The van der Waals surface area contributed by atoms with E-state index in [4.69, 9.17) is 16.5 Å². The van der Waals surface area contributed by atoms with Crippen LogP contribution in [0.25, 0.3) is 21.5 Å². The first-order chi connectivity index (χ1) is 12.1. The molecule has 1 amide bonds. The third-order valence-electron chi connectivity index (χ3n) is 4.80. The molecule has 0 saturated carbocycles. The molecule has 1 aromatic carbocycles. The fourth-order valence-electron chi connectivity index (χ4n) is 3.54. The first-order valence-corrected chi connectivity index (χ1v) is 9.25. The minimum atomic E-state index is -0.488. The van der Waals surface area contributed by atoms with Crippen LogP contribution >= 0.6 is 11.3 Å². The molecule has 128 valence electrons. The Bertz CT molecular complexity index is 929. The highest BCUT2D eigenvalue weighted by molar-refractivity contribution is 7.21. The Morgan fingerprint density at radius 3 is 2.60 bits per heavy atom. The van der Waals surface area contributed by atoms with E-state index in [1.807, 2.05) is 30.3 Å². The number of carbonyl (C=O) groups excluding carboxylic acids is 1. The number of piperidine rings is 1. The van der Waals surface area contributed by atoms with E-state index in [1.165, 1.54) is 16.9 Å². The van der Waals surface area contributed by atoms with Crippen LogP contribution < -0.4 is 16.8 Å². The van der Waals surface area contributed by atoms with Crippen LogP contribution in [-0.4, -0.2) is 24.0 Å². The summed E-state index contributed by atoms with van der Waals surface area (Å²) in [7, 11) is 0. The molecule has 0 spiro atoms. The second-order valence-corrected chi connectivity index (χ2v) is 7.38. The number of benzene rings is 1. The zero-order chi connectivity index (χ0) is 17.4. The van der Waals surface area contributed by atoms with Crippen LogP contribution in [0, 0.1) is 0 Å². The number of primary amides is 1. The van der Waals surface area contributed by atoms with Crippen LogP contribution in [0.1, 0.15) is 34.0 Å². The lowest BCUT2D eigenvalue weighted by Crippen LogP contribution is -2.26. The van der Waals surface area contributed by atoms with Gasteiger partial charge >= 0.3 is 0 Å². The van der Waals surface area contributed by atoms with Gasteiger partial charge in [-0.3, -0.25) is 4.79 Å². The Kier molecular flexibility index (Phi) is 4.15. The fraction of sp³-hybridized carbons (Fsp3) is 0.263. The highest BCUT2D eigenvalue weighted by Crippen LogP contribution is 2.41. The number of nitrogens with two attached hydrogens (primary N) is 2. The van der Waals surface area contributed by atoms with Crippen molar-refractivity contribution in [1.82, 2.24) is 10.3 Å². The van der Waals surface area contributed by atoms with Gasteiger partial charge in [0.2, 0.25) is 0 Å². The Balaban J connectivity index is 1.96.